The molecule has 0 radical (unpaired) electrons. The van der Waals surface area contributed by atoms with Gasteiger partial charge in [0.1, 0.15) is 0 Å². The standard InChI is InChI=1S/C11H19N3S/c1-2-11-7-12-4-6-14(11)5-3-10-8-15-9-13-10/h8-9,11-12H,2-7H2,1H3. The zero-order valence-electron chi connectivity index (χ0n) is 9.28. The third-order valence-corrected chi connectivity index (χ3v) is 3.72. The predicted octanol–water partition coefficient (Wildman–Crippen LogP) is 1.37. The molecule has 1 aromatic rings. The highest BCUT2D eigenvalue weighted by molar-refractivity contribution is 7.07. The van der Waals surface area contributed by atoms with Crippen LogP contribution in [0.3, 0.4) is 0 Å². The van der Waals surface area contributed by atoms with E-state index in [-0.39, 0.29) is 0 Å². The fourth-order valence-corrected chi connectivity index (χ4v) is 2.71. The van der Waals surface area contributed by atoms with Crippen LogP contribution in [0, 0.1) is 0 Å². The molecule has 3 nitrogen and oxygen atoms in total. The number of nitrogens with one attached hydrogen (secondary N) is 1. The predicted molar refractivity (Wildman–Crippen MR) is 64.3 cm³/mol. The monoisotopic (exact) mass is 225 g/mol. The van der Waals surface area contributed by atoms with Crippen molar-refractivity contribution in [3.05, 3.63) is 16.6 Å². The van der Waals surface area contributed by atoms with Crippen LogP contribution in [0.1, 0.15) is 19.0 Å². The summed E-state index contributed by atoms with van der Waals surface area (Å²) >= 11 is 1.69. The highest BCUT2D eigenvalue weighted by Crippen LogP contribution is 2.09. The van der Waals surface area contributed by atoms with Crippen molar-refractivity contribution < 1.29 is 0 Å². The Morgan fingerprint density at radius 3 is 3.33 bits per heavy atom. The second kappa shape index (κ2) is 5.58. The average molecular weight is 225 g/mol. The molecule has 1 fully saturated rings. The lowest BCUT2D eigenvalue weighted by molar-refractivity contribution is 0.158. The molecule has 0 saturated carbocycles. The molecular formula is C11H19N3S. The first-order chi connectivity index (χ1) is 7.40. The van der Waals surface area contributed by atoms with Crippen LogP contribution in [0.25, 0.3) is 0 Å². The van der Waals surface area contributed by atoms with E-state index in [0.29, 0.717) is 0 Å². The molecule has 0 bridgehead atoms. The van der Waals surface area contributed by atoms with Gasteiger partial charge >= 0.3 is 0 Å². The van der Waals surface area contributed by atoms with Gasteiger partial charge in [0.2, 0.25) is 0 Å². The number of hydrogen-bond acceptors (Lipinski definition) is 4. The van der Waals surface area contributed by atoms with Gasteiger partial charge in [-0.2, -0.15) is 0 Å². The van der Waals surface area contributed by atoms with E-state index in [9.17, 15) is 0 Å². The van der Waals surface area contributed by atoms with Gasteiger partial charge in [0.15, 0.2) is 0 Å². The van der Waals surface area contributed by atoms with E-state index in [1.54, 1.807) is 11.3 Å². The van der Waals surface area contributed by atoms with Crippen molar-refractivity contribution in [3.63, 3.8) is 0 Å². The van der Waals surface area contributed by atoms with E-state index < -0.39 is 0 Å². The summed E-state index contributed by atoms with van der Waals surface area (Å²) in [6.45, 7) is 6.89. The van der Waals surface area contributed by atoms with Crippen LogP contribution >= 0.6 is 11.3 Å². The molecule has 15 heavy (non-hydrogen) atoms. The van der Waals surface area contributed by atoms with Gasteiger partial charge in [0, 0.05) is 44.0 Å². The van der Waals surface area contributed by atoms with Crippen molar-refractivity contribution in [1.82, 2.24) is 15.2 Å². The molecule has 0 aliphatic carbocycles. The Labute approximate surface area is 95.5 Å². The Morgan fingerprint density at radius 2 is 2.60 bits per heavy atom. The number of thiazole rings is 1. The van der Waals surface area contributed by atoms with E-state index in [2.05, 4.69) is 27.5 Å². The van der Waals surface area contributed by atoms with Gasteiger partial charge in [-0.15, -0.1) is 11.3 Å². The van der Waals surface area contributed by atoms with Crippen molar-refractivity contribution in [3.8, 4) is 0 Å². The Kier molecular flexibility index (Phi) is 4.11. The smallest absolute Gasteiger partial charge is 0.0794 e. The molecule has 0 aromatic carbocycles. The number of rotatable bonds is 4. The second-order valence-corrected chi connectivity index (χ2v) is 4.75. The lowest BCUT2D eigenvalue weighted by Gasteiger charge is -2.35. The summed E-state index contributed by atoms with van der Waals surface area (Å²) in [7, 11) is 0. The van der Waals surface area contributed by atoms with Crippen LogP contribution in [0.15, 0.2) is 10.9 Å². The molecule has 0 amide bonds. The van der Waals surface area contributed by atoms with Crippen molar-refractivity contribution in [1.29, 1.82) is 0 Å². The van der Waals surface area contributed by atoms with Crippen molar-refractivity contribution in [2.75, 3.05) is 26.2 Å². The Bertz CT molecular complexity index is 273. The lowest BCUT2D eigenvalue weighted by atomic mass is 10.1. The van der Waals surface area contributed by atoms with E-state index in [4.69, 9.17) is 0 Å². The number of hydrogen-bond donors (Lipinski definition) is 1. The summed E-state index contributed by atoms with van der Waals surface area (Å²) in [6, 6.07) is 0.720. The maximum atomic E-state index is 4.33. The molecule has 1 unspecified atom stereocenters. The summed E-state index contributed by atoms with van der Waals surface area (Å²) in [4.78, 5) is 6.92. The minimum Gasteiger partial charge on any atom is -0.314 e. The molecule has 1 aliphatic rings. The molecular weight excluding hydrogens is 206 g/mol. The zero-order chi connectivity index (χ0) is 10.5. The number of nitrogens with zero attached hydrogens (tertiary/aromatic N) is 2. The van der Waals surface area contributed by atoms with Gasteiger partial charge in [0.05, 0.1) is 11.2 Å². The van der Waals surface area contributed by atoms with Gasteiger partial charge in [-0.3, -0.25) is 4.90 Å². The van der Waals surface area contributed by atoms with E-state index in [1.807, 2.05) is 5.51 Å². The number of piperazine rings is 1. The normalized spacial score (nSPS) is 23.1. The molecule has 2 heterocycles. The minimum absolute atomic E-state index is 0.720. The van der Waals surface area contributed by atoms with Crippen molar-refractivity contribution >= 4 is 11.3 Å². The third-order valence-electron chi connectivity index (χ3n) is 3.08. The largest absolute Gasteiger partial charge is 0.314 e. The van der Waals surface area contributed by atoms with Gasteiger partial charge < -0.3 is 5.32 Å². The molecule has 1 aliphatic heterocycles. The minimum atomic E-state index is 0.720. The topological polar surface area (TPSA) is 28.2 Å². The van der Waals surface area contributed by atoms with Crippen LogP contribution < -0.4 is 5.32 Å². The van der Waals surface area contributed by atoms with Gasteiger partial charge in [-0.05, 0) is 6.42 Å². The third kappa shape index (κ3) is 3.00. The van der Waals surface area contributed by atoms with Crippen LogP contribution in [0.2, 0.25) is 0 Å². The Morgan fingerprint density at radius 1 is 1.67 bits per heavy atom. The summed E-state index contributed by atoms with van der Waals surface area (Å²) in [5, 5.41) is 5.61. The summed E-state index contributed by atoms with van der Waals surface area (Å²) in [5.41, 5.74) is 3.16. The van der Waals surface area contributed by atoms with Crippen molar-refractivity contribution in [2.24, 2.45) is 0 Å². The Balaban J connectivity index is 1.81. The van der Waals surface area contributed by atoms with E-state index in [1.165, 1.54) is 18.7 Å². The average Bonchev–Trinajstić information content (AvgIpc) is 2.79. The highest BCUT2D eigenvalue weighted by Gasteiger charge is 2.19. The van der Waals surface area contributed by atoms with Crippen LogP contribution in [-0.4, -0.2) is 42.1 Å². The highest BCUT2D eigenvalue weighted by atomic mass is 32.1. The molecule has 1 N–H and O–H groups in total. The summed E-state index contributed by atoms with van der Waals surface area (Å²) in [6.07, 6.45) is 2.34. The zero-order valence-corrected chi connectivity index (χ0v) is 10.1. The first kappa shape index (κ1) is 11.0. The van der Waals surface area contributed by atoms with Crippen LogP contribution in [0.4, 0.5) is 0 Å². The molecule has 4 heteroatoms. The quantitative estimate of drug-likeness (QED) is 0.839. The molecule has 0 spiro atoms. The second-order valence-electron chi connectivity index (χ2n) is 4.03. The first-order valence-corrected chi connectivity index (χ1v) is 6.66. The fourth-order valence-electron chi connectivity index (χ4n) is 2.12. The van der Waals surface area contributed by atoms with E-state index >= 15 is 0 Å². The SMILES string of the molecule is CCC1CNCCN1CCc1cscn1. The lowest BCUT2D eigenvalue weighted by Crippen LogP contribution is -2.51. The van der Waals surface area contributed by atoms with Gasteiger partial charge in [0.25, 0.3) is 0 Å². The molecule has 2 rings (SSSR count). The molecule has 1 atom stereocenters. The first-order valence-electron chi connectivity index (χ1n) is 5.72. The number of aromatic nitrogens is 1. The molecule has 1 saturated heterocycles. The van der Waals surface area contributed by atoms with Crippen LogP contribution in [-0.2, 0) is 6.42 Å². The molecule has 1 aromatic heterocycles. The summed E-state index contributed by atoms with van der Waals surface area (Å²) in [5.74, 6) is 0. The van der Waals surface area contributed by atoms with Gasteiger partial charge in [-0.1, -0.05) is 6.92 Å². The van der Waals surface area contributed by atoms with E-state index in [0.717, 1.165) is 32.1 Å². The van der Waals surface area contributed by atoms with Crippen LogP contribution in [0.5, 0.6) is 0 Å². The molecule has 84 valence electrons. The van der Waals surface area contributed by atoms with Gasteiger partial charge in [-0.25, -0.2) is 4.98 Å². The maximum Gasteiger partial charge on any atom is 0.0794 e. The maximum absolute atomic E-state index is 4.33. The Hall–Kier alpha value is -0.450. The van der Waals surface area contributed by atoms with Crippen molar-refractivity contribution in [2.45, 2.75) is 25.8 Å². The fraction of sp³-hybridized carbons (Fsp3) is 0.727. The summed E-state index contributed by atoms with van der Waals surface area (Å²) < 4.78 is 0.